The van der Waals surface area contributed by atoms with Gasteiger partial charge in [0.15, 0.2) is 0 Å². The molecule has 0 spiro atoms. The number of fused-ring (bicyclic) bond motifs is 5. The third-order valence-corrected chi connectivity index (χ3v) is 8.75. The number of carbonyl (C=O) groups is 1. The number of rotatable bonds is 4. The van der Waals surface area contributed by atoms with E-state index in [0.29, 0.717) is 13.1 Å². The van der Waals surface area contributed by atoms with Gasteiger partial charge in [-0.05, 0) is 73.6 Å². The Hall–Kier alpha value is -3.51. The molecular weight excluding hydrogens is 466 g/mol. The van der Waals surface area contributed by atoms with Gasteiger partial charge in [0.05, 0.1) is 25.4 Å². The zero-order valence-electron chi connectivity index (χ0n) is 20.8. The number of methoxy groups -OCH3 is 1. The number of hydrogen-bond donors (Lipinski definition) is 1. The molecule has 3 heterocycles. The fourth-order valence-electron chi connectivity index (χ4n) is 5.53. The van der Waals surface area contributed by atoms with E-state index in [2.05, 4.69) is 71.5 Å². The highest BCUT2D eigenvalue weighted by atomic mass is 32.1. The minimum Gasteiger partial charge on any atom is -0.497 e. The molecule has 0 saturated carbocycles. The first-order valence-electron chi connectivity index (χ1n) is 12.7. The van der Waals surface area contributed by atoms with E-state index < -0.39 is 0 Å². The van der Waals surface area contributed by atoms with Crippen LogP contribution in [0.4, 0.5) is 4.79 Å². The number of urea groups is 1. The van der Waals surface area contributed by atoms with Gasteiger partial charge < -0.3 is 19.5 Å². The molecule has 1 unspecified atom stereocenters. The number of aromatic nitrogens is 1. The molecule has 0 bridgehead atoms. The summed E-state index contributed by atoms with van der Waals surface area (Å²) < 4.78 is 7.87. The fourth-order valence-corrected chi connectivity index (χ4v) is 6.94. The first-order valence-corrected chi connectivity index (χ1v) is 13.5. The predicted molar refractivity (Wildman–Crippen MR) is 144 cm³/mol. The average molecular weight is 498 g/mol. The summed E-state index contributed by atoms with van der Waals surface area (Å²) in [6.07, 6.45) is 6.85. The van der Waals surface area contributed by atoms with Crippen molar-refractivity contribution < 1.29 is 9.53 Å². The van der Waals surface area contributed by atoms with E-state index in [1.165, 1.54) is 39.4 Å². The second-order valence-electron chi connectivity index (χ2n) is 9.75. The van der Waals surface area contributed by atoms with Crippen LogP contribution in [0.1, 0.15) is 57.3 Å². The van der Waals surface area contributed by atoms with Gasteiger partial charge in [-0.3, -0.25) is 0 Å². The lowest BCUT2D eigenvalue weighted by atomic mass is 9.95. The molecule has 2 aromatic carbocycles. The molecule has 4 aromatic rings. The maximum Gasteiger partial charge on any atom is 0.318 e. The standard InChI is InChI=1S/C30H31N3O2S/c1-20-12-14-21(15-13-20)18-31-30(34)33-19-25-24-9-3-4-11-27(24)36-29(25)32-16-6-10-26(32)28(33)22-7-5-8-23(17-22)35-2/h5-8,10,12-17,28H,3-4,9,11,18-19H2,1-2H3,(H,31,34). The number of amides is 2. The van der Waals surface area contributed by atoms with Gasteiger partial charge in [0.25, 0.3) is 0 Å². The second-order valence-corrected chi connectivity index (χ2v) is 10.8. The van der Waals surface area contributed by atoms with Crippen molar-refractivity contribution in [1.82, 2.24) is 14.8 Å². The lowest BCUT2D eigenvalue weighted by Gasteiger charge is -2.31. The minimum atomic E-state index is -0.230. The summed E-state index contributed by atoms with van der Waals surface area (Å²) >= 11 is 1.91. The first-order chi connectivity index (χ1) is 17.6. The topological polar surface area (TPSA) is 46.5 Å². The lowest BCUT2D eigenvalue weighted by molar-refractivity contribution is 0.180. The Bertz CT molecular complexity index is 1400. The molecule has 1 aliphatic heterocycles. The van der Waals surface area contributed by atoms with Crippen LogP contribution in [0.2, 0.25) is 0 Å². The van der Waals surface area contributed by atoms with Crippen LogP contribution in [-0.2, 0) is 25.9 Å². The quantitative estimate of drug-likeness (QED) is 0.348. The van der Waals surface area contributed by atoms with Crippen molar-refractivity contribution >= 4 is 17.4 Å². The van der Waals surface area contributed by atoms with Crippen LogP contribution < -0.4 is 10.1 Å². The van der Waals surface area contributed by atoms with E-state index in [9.17, 15) is 4.79 Å². The van der Waals surface area contributed by atoms with Crippen LogP contribution in [0.25, 0.3) is 5.00 Å². The van der Waals surface area contributed by atoms with E-state index in [1.807, 2.05) is 28.4 Å². The van der Waals surface area contributed by atoms with E-state index in [0.717, 1.165) is 35.4 Å². The van der Waals surface area contributed by atoms with Crippen LogP contribution in [0, 0.1) is 6.92 Å². The zero-order chi connectivity index (χ0) is 24.6. The number of carbonyl (C=O) groups excluding carboxylic acids is 1. The highest BCUT2D eigenvalue weighted by molar-refractivity contribution is 7.15. The third-order valence-electron chi connectivity index (χ3n) is 7.41. The van der Waals surface area contributed by atoms with Crippen LogP contribution in [0.5, 0.6) is 5.75 Å². The molecule has 0 radical (unpaired) electrons. The largest absolute Gasteiger partial charge is 0.497 e. The highest BCUT2D eigenvalue weighted by Gasteiger charge is 2.36. The smallest absolute Gasteiger partial charge is 0.318 e. The van der Waals surface area contributed by atoms with E-state index in [4.69, 9.17) is 4.74 Å². The van der Waals surface area contributed by atoms with Crippen molar-refractivity contribution in [1.29, 1.82) is 0 Å². The molecule has 2 aromatic heterocycles. The molecule has 0 saturated heterocycles. The predicted octanol–water partition coefficient (Wildman–Crippen LogP) is 6.55. The van der Waals surface area contributed by atoms with Gasteiger partial charge >= 0.3 is 6.03 Å². The molecule has 0 fully saturated rings. The van der Waals surface area contributed by atoms with Crippen LogP contribution >= 0.6 is 11.3 Å². The molecule has 184 valence electrons. The van der Waals surface area contributed by atoms with Gasteiger partial charge in [0.2, 0.25) is 0 Å². The molecule has 1 aliphatic carbocycles. The zero-order valence-corrected chi connectivity index (χ0v) is 21.6. The van der Waals surface area contributed by atoms with Crippen molar-refractivity contribution in [2.45, 2.75) is 51.7 Å². The van der Waals surface area contributed by atoms with Gasteiger partial charge in [0, 0.05) is 23.2 Å². The molecule has 1 atom stereocenters. The fraction of sp³-hybridized carbons (Fsp3) is 0.300. The van der Waals surface area contributed by atoms with Crippen molar-refractivity contribution in [3.8, 4) is 10.8 Å². The third kappa shape index (κ3) is 4.09. The summed E-state index contributed by atoms with van der Waals surface area (Å²) in [6.45, 7) is 3.16. The molecular formula is C30H31N3O2S. The Morgan fingerprint density at radius 2 is 1.89 bits per heavy atom. The molecule has 2 amide bonds. The number of benzene rings is 2. The van der Waals surface area contributed by atoms with E-state index in [-0.39, 0.29) is 12.1 Å². The molecule has 2 aliphatic rings. The summed E-state index contributed by atoms with van der Waals surface area (Å²) in [6, 6.07) is 20.4. The minimum absolute atomic E-state index is 0.0558. The van der Waals surface area contributed by atoms with Gasteiger partial charge in [-0.15, -0.1) is 11.3 Å². The summed E-state index contributed by atoms with van der Waals surface area (Å²) in [5.74, 6) is 0.794. The number of nitrogens with one attached hydrogen (secondary N) is 1. The summed E-state index contributed by atoms with van der Waals surface area (Å²) in [4.78, 5) is 17.4. The normalized spacial score (nSPS) is 16.5. The van der Waals surface area contributed by atoms with Gasteiger partial charge in [-0.2, -0.15) is 0 Å². The van der Waals surface area contributed by atoms with E-state index in [1.54, 1.807) is 7.11 Å². The Balaban J connectivity index is 1.43. The van der Waals surface area contributed by atoms with Crippen LogP contribution in [0.3, 0.4) is 0 Å². The monoisotopic (exact) mass is 497 g/mol. The second kappa shape index (κ2) is 9.51. The molecule has 1 N–H and O–H groups in total. The molecule has 36 heavy (non-hydrogen) atoms. The Morgan fingerprint density at radius 3 is 2.72 bits per heavy atom. The highest BCUT2D eigenvalue weighted by Crippen LogP contribution is 2.44. The number of aryl methyl sites for hydroxylation is 2. The lowest BCUT2D eigenvalue weighted by Crippen LogP contribution is -2.41. The number of hydrogen-bond acceptors (Lipinski definition) is 3. The van der Waals surface area contributed by atoms with Crippen LogP contribution in [0.15, 0.2) is 66.9 Å². The van der Waals surface area contributed by atoms with Gasteiger partial charge in [-0.25, -0.2) is 4.79 Å². The Kier molecular flexibility index (Phi) is 6.05. The van der Waals surface area contributed by atoms with Crippen molar-refractivity contribution in [3.05, 3.63) is 105 Å². The number of nitrogens with zero attached hydrogens (tertiary/aromatic N) is 2. The van der Waals surface area contributed by atoms with Crippen LogP contribution in [-0.4, -0.2) is 22.6 Å². The van der Waals surface area contributed by atoms with E-state index >= 15 is 0 Å². The summed E-state index contributed by atoms with van der Waals surface area (Å²) in [5, 5.41) is 4.49. The summed E-state index contributed by atoms with van der Waals surface area (Å²) in [5.41, 5.74) is 7.23. The first kappa shape index (κ1) is 22.9. The molecule has 6 heteroatoms. The molecule has 6 rings (SSSR count). The van der Waals surface area contributed by atoms with Gasteiger partial charge in [0.1, 0.15) is 10.8 Å². The summed E-state index contributed by atoms with van der Waals surface area (Å²) in [7, 11) is 1.69. The number of thiophene rings is 1. The average Bonchev–Trinajstić information content (AvgIpc) is 3.50. The van der Waals surface area contributed by atoms with Gasteiger partial charge in [-0.1, -0.05) is 42.0 Å². The number of ether oxygens (including phenoxy) is 1. The maximum atomic E-state index is 13.9. The van der Waals surface area contributed by atoms with Crippen molar-refractivity contribution in [2.75, 3.05) is 7.11 Å². The SMILES string of the molecule is COc1cccc(C2c3cccn3-c3sc4c(c3CN2C(=O)NCc2ccc(C)cc2)CCCC4)c1. The van der Waals surface area contributed by atoms with Crippen molar-refractivity contribution in [2.24, 2.45) is 0 Å². The Labute approximate surface area is 216 Å². The molecule has 5 nitrogen and oxygen atoms in total. The van der Waals surface area contributed by atoms with Crippen molar-refractivity contribution in [3.63, 3.8) is 0 Å². The maximum absolute atomic E-state index is 13.9. The Morgan fingerprint density at radius 1 is 1.06 bits per heavy atom.